The zero-order chi connectivity index (χ0) is 16.1. The summed E-state index contributed by atoms with van der Waals surface area (Å²) in [5.74, 6) is -0.466. The van der Waals surface area contributed by atoms with Crippen molar-refractivity contribution in [1.82, 2.24) is 0 Å². The molecular weight excluding hydrogens is 287 g/mol. The van der Waals surface area contributed by atoms with Crippen LogP contribution in [0.5, 0.6) is 11.5 Å². The fourth-order valence-electron chi connectivity index (χ4n) is 1.87. The van der Waals surface area contributed by atoms with Crippen molar-refractivity contribution in [2.45, 2.75) is 0 Å². The number of ether oxygens (including phenoxy) is 2. The fourth-order valence-corrected chi connectivity index (χ4v) is 1.87. The monoisotopic (exact) mass is 300 g/mol. The van der Waals surface area contributed by atoms with Gasteiger partial charge in [-0.1, -0.05) is 0 Å². The summed E-state index contributed by atoms with van der Waals surface area (Å²) in [6.07, 6.45) is 0. The van der Waals surface area contributed by atoms with E-state index in [1.165, 1.54) is 26.4 Å². The number of carbonyl (C=O) groups excluding carboxylic acids is 1. The maximum atomic E-state index is 13.9. The third-order valence-corrected chi connectivity index (χ3v) is 3.00. The van der Waals surface area contributed by atoms with E-state index in [-0.39, 0.29) is 11.1 Å². The lowest BCUT2D eigenvalue weighted by Crippen LogP contribution is -2.14. The number of hydrogen-bond donors (Lipinski definition) is 1. The number of hydrogen-bond acceptors (Lipinski definition) is 4. The predicted octanol–water partition coefficient (Wildman–Crippen LogP) is 2.97. The van der Waals surface area contributed by atoms with Gasteiger partial charge in [0.25, 0.3) is 5.91 Å². The number of nitrogens with one attached hydrogen (secondary N) is 1. The Balaban J connectivity index is 2.31. The molecule has 6 heteroatoms. The molecule has 2 rings (SSSR count). The molecule has 0 saturated heterocycles. The lowest BCUT2D eigenvalue weighted by atomic mass is 10.1. The van der Waals surface area contributed by atoms with Crippen molar-refractivity contribution in [3.63, 3.8) is 0 Å². The molecule has 0 fully saturated rings. The van der Waals surface area contributed by atoms with Gasteiger partial charge in [0.1, 0.15) is 17.3 Å². The number of nitrogens with zero attached hydrogens (tertiary/aromatic N) is 1. The molecule has 5 nitrogen and oxygen atoms in total. The molecule has 2 aromatic rings. The highest BCUT2D eigenvalue weighted by Crippen LogP contribution is 2.29. The Labute approximate surface area is 126 Å². The molecule has 0 atom stereocenters. The normalized spacial score (nSPS) is 9.73. The number of halogens is 1. The van der Waals surface area contributed by atoms with Crippen LogP contribution in [0.2, 0.25) is 0 Å². The van der Waals surface area contributed by atoms with E-state index in [9.17, 15) is 9.18 Å². The van der Waals surface area contributed by atoms with Gasteiger partial charge in [-0.15, -0.1) is 0 Å². The van der Waals surface area contributed by atoms with Gasteiger partial charge in [0.15, 0.2) is 0 Å². The molecule has 0 heterocycles. The molecule has 0 aliphatic heterocycles. The average Bonchev–Trinajstić information content (AvgIpc) is 2.54. The van der Waals surface area contributed by atoms with E-state index >= 15 is 0 Å². The summed E-state index contributed by atoms with van der Waals surface area (Å²) in [4.78, 5) is 12.2. The van der Waals surface area contributed by atoms with Gasteiger partial charge in [-0.2, -0.15) is 5.26 Å². The first kappa shape index (κ1) is 15.3. The number of nitriles is 1. The van der Waals surface area contributed by atoms with Crippen LogP contribution >= 0.6 is 0 Å². The summed E-state index contributed by atoms with van der Waals surface area (Å²) >= 11 is 0. The first-order chi connectivity index (χ1) is 10.6. The van der Waals surface area contributed by atoms with Crippen molar-refractivity contribution in [2.75, 3.05) is 19.5 Å². The van der Waals surface area contributed by atoms with Gasteiger partial charge in [-0.25, -0.2) is 4.39 Å². The second-order valence-corrected chi connectivity index (χ2v) is 4.33. The van der Waals surface area contributed by atoms with Crippen LogP contribution in [0.3, 0.4) is 0 Å². The lowest BCUT2D eigenvalue weighted by Gasteiger charge is -2.12. The Hall–Kier alpha value is -3.07. The molecule has 0 spiro atoms. The first-order valence-electron chi connectivity index (χ1n) is 6.32. The van der Waals surface area contributed by atoms with Gasteiger partial charge in [0, 0.05) is 6.07 Å². The highest BCUT2D eigenvalue weighted by molar-refractivity contribution is 6.05. The number of methoxy groups -OCH3 is 2. The third kappa shape index (κ3) is 3.15. The van der Waals surface area contributed by atoms with Gasteiger partial charge < -0.3 is 14.8 Å². The van der Waals surface area contributed by atoms with Crippen molar-refractivity contribution in [1.29, 1.82) is 5.26 Å². The van der Waals surface area contributed by atoms with Gasteiger partial charge in [-0.05, 0) is 30.3 Å². The van der Waals surface area contributed by atoms with Gasteiger partial charge in [0.2, 0.25) is 0 Å². The van der Waals surface area contributed by atoms with Crippen LogP contribution in [0, 0.1) is 17.1 Å². The summed E-state index contributed by atoms with van der Waals surface area (Å²) in [7, 11) is 2.95. The molecule has 1 N–H and O–H groups in total. The summed E-state index contributed by atoms with van der Waals surface area (Å²) < 4.78 is 24.1. The van der Waals surface area contributed by atoms with Crippen LogP contribution in [0.15, 0.2) is 36.4 Å². The van der Waals surface area contributed by atoms with Crippen LogP contribution in [0.25, 0.3) is 0 Å². The first-order valence-corrected chi connectivity index (χ1v) is 6.32. The highest BCUT2D eigenvalue weighted by Gasteiger charge is 2.15. The summed E-state index contributed by atoms with van der Waals surface area (Å²) in [5.41, 5.74) is 0.340. The van der Waals surface area contributed by atoms with Crippen LogP contribution < -0.4 is 14.8 Å². The number of benzene rings is 2. The van der Waals surface area contributed by atoms with E-state index in [1.54, 1.807) is 18.2 Å². The van der Waals surface area contributed by atoms with E-state index in [4.69, 9.17) is 14.7 Å². The Morgan fingerprint density at radius 1 is 1.18 bits per heavy atom. The molecule has 0 radical (unpaired) electrons. The number of anilines is 1. The molecule has 0 aliphatic rings. The van der Waals surface area contributed by atoms with Crippen molar-refractivity contribution < 1.29 is 18.7 Å². The highest BCUT2D eigenvalue weighted by atomic mass is 19.1. The minimum Gasteiger partial charge on any atom is -0.497 e. The van der Waals surface area contributed by atoms with Crippen LogP contribution in [-0.2, 0) is 0 Å². The van der Waals surface area contributed by atoms with E-state index in [0.29, 0.717) is 17.2 Å². The average molecular weight is 300 g/mol. The zero-order valence-corrected chi connectivity index (χ0v) is 12.0. The summed E-state index contributed by atoms with van der Waals surface area (Å²) in [6, 6.07) is 10.3. The SMILES string of the molecule is COc1ccc(OC)c(NC(=O)c2ccc(C#N)cc2F)c1. The van der Waals surface area contributed by atoms with Gasteiger partial charge in [0.05, 0.1) is 37.1 Å². The number of amides is 1. The van der Waals surface area contributed by atoms with Crippen LogP contribution in [0.4, 0.5) is 10.1 Å². The Morgan fingerprint density at radius 2 is 1.95 bits per heavy atom. The van der Waals surface area contributed by atoms with E-state index in [1.807, 2.05) is 6.07 Å². The van der Waals surface area contributed by atoms with Crippen molar-refractivity contribution in [2.24, 2.45) is 0 Å². The maximum Gasteiger partial charge on any atom is 0.258 e. The molecule has 0 saturated carbocycles. The summed E-state index contributed by atoms with van der Waals surface area (Å²) in [5, 5.41) is 11.3. The lowest BCUT2D eigenvalue weighted by molar-refractivity contribution is 0.102. The van der Waals surface area contributed by atoms with Gasteiger partial charge >= 0.3 is 0 Å². The zero-order valence-electron chi connectivity index (χ0n) is 12.0. The second-order valence-electron chi connectivity index (χ2n) is 4.33. The predicted molar refractivity (Wildman–Crippen MR) is 78.6 cm³/mol. The van der Waals surface area contributed by atoms with Crippen LogP contribution in [0.1, 0.15) is 15.9 Å². The molecular formula is C16H13FN2O3. The fraction of sp³-hybridized carbons (Fsp3) is 0.125. The van der Waals surface area contributed by atoms with Crippen molar-refractivity contribution in [3.05, 3.63) is 53.3 Å². The van der Waals surface area contributed by atoms with E-state index in [2.05, 4.69) is 5.32 Å². The molecule has 112 valence electrons. The topological polar surface area (TPSA) is 71.3 Å². The smallest absolute Gasteiger partial charge is 0.258 e. The maximum absolute atomic E-state index is 13.9. The van der Waals surface area contributed by atoms with E-state index < -0.39 is 11.7 Å². The molecule has 2 aromatic carbocycles. The largest absolute Gasteiger partial charge is 0.497 e. The van der Waals surface area contributed by atoms with Crippen molar-refractivity contribution in [3.8, 4) is 17.6 Å². The number of carbonyl (C=O) groups is 1. The molecule has 0 aromatic heterocycles. The molecule has 0 unspecified atom stereocenters. The quantitative estimate of drug-likeness (QED) is 0.942. The minimum absolute atomic E-state index is 0.146. The number of rotatable bonds is 4. The Kier molecular flexibility index (Phi) is 4.59. The van der Waals surface area contributed by atoms with Crippen molar-refractivity contribution >= 4 is 11.6 Å². The van der Waals surface area contributed by atoms with Crippen LogP contribution in [-0.4, -0.2) is 20.1 Å². The van der Waals surface area contributed by atoms with Gasteiger partial charge in [-0.3, -0.25) is 4.79 Å². The second kappa shape index (κ2) is 6.59. The third-order valence-electron chi connectivity index (χ3n) is 3.00. The Bertz CT molecular complexity index is 754. The Morgan fingerprint density at radius 3 is 2.55 bits per heavy atom. The minimum atomic E-state index is -0.765. The molecule has 22 heavy (non-hydrogen) atoms. The summed E-state index contributed by atoms with van der Waals surface area (Å²) in [6.45, 7) is 0. The molecule has 1 amide bonds. The van der Waals surface area contributed by atoms with E-state index in [0.717, 1.165) is 6.07 Å². The standard InChI is InChI=1S/C16H13FN2O3/c1-21-11-4-6-15(22-2)14(8-11)19-16(20)12-5-3-10(9-18)7-13(12)17/h3-8H,1-2H3,(H,19,20). The molecule has 0 aliphatic carbocycles. The molecule has 0 bridgehead atoms.